The molecule has 7 nitrogen and oxygen atoms in total. The first kappa shape index (κ1) is 12.9. The van der Waals surface area contributed by atoms with Gasteiger partial charge in [0.2, 0.25) is 0 Å². The van der Waals surface area contributed by atoms with Crippen molar-refractivity contribution in [3.05, 3.63) is 28.3 Å². The Morgan fingerprint density at radius 1 is 1.50 bits per heavy atom. The van der Waals surface area contributed by atoms with Crippen LogP contribution in [-0.2, 0) is 0 Å². The van der Waals surface area contributed by atoms with Crippen molar-refractivity contribution in [1.29, 1.82) is 0 Å². The van der Waals surface area contributed by atoms with Gasteiger partial charge in [0.1, 0.15) is 5.52 Å². The molecule has 1 saturated heterocycles. The predicted octanol–water partition coefficient (Wildman–Crippen LogP) is 1.92. The number of nitro groups is 1. The highest BCUT2D eigenvalue weighted by molar-refractivity contribution is 5.77. The first-order chi connectivity index (χ1) is 9.54. The van der Waals surface area contributed by atoms with Crippen molar-refractivity contribution in [1.82, 2.24) is 10.3 Å². The van der Waals surface area contributed by atoms with E-state index in [-0.39, 0.29) is 11.7 Å². The fourth-order valence-electron chi connectivity index (χ4n) is 2.43. The van der Waals surface area contributed by atoms with Crippen LogP contribution in [-0.4, -0.2) is 35.1 Å². The van der Waals surface area contributed by atoms with Crippen LogP contribution in [0.3, 0.4) is 0 Å². The van der Waals surface area contributed by atoms with Gasteiger partial charge in [-0.3, -0.25) is 10.1 Å². The van der Waals surface area contributed by atoms with Gasteiger partial charge in [-0.15, -0.1) is 0 Å². The Balaban J connectivity index is 1.97. The van der Waals surface area contributed by atoms with Crippen LogP contribution >= 0.6 is 0 Å². The van der Waals surface area contributed by atoms with Gasteiger partial charge in [0.25, 0.3) is 11.7 Å². The lowest BCUT2D eigenvalue weighted by atomic mass is 10.1. The second kappa shape index (κ2) is 4.75. The molecule has 3 rings (SSSR count). The third kappa shape index (κ3) is 2.20. The van der Waals surface area contributed by atoms with Crippen molar-refractivity contribution in [2.24, 2.45) is 0 Å². The van der Waals surface area contributed by atoms with Crippen LogP contribution in [0.15, 0.2) is 22.6 Å². The number of nitrogens with zero attached hydrogens (tertiary/aromatic N) is 3. The second-order valence-corrected chi connectivity index (χ2v) is 5.22. The highest BCUT2D eigenvalue weighted by Gasteiger charge is 2.26. The van der Waals surface area contributed by atoms with Crippen molar-refractivity contribution in [2.45, 2.75) is 25.9 Å². The molecule has 2 aromatic rings. The zero-order valence-corrected chi connectivity index (χ0v) is 11.4. The maximum absolute atomic E-state index is 10.8. The predicted molar refractivity (Wildman–Crippen MR) is 74.9 cm³/mol. The molecule has 0 bridgehead atoms. The minimum absolute atomic E-state index is 0.0269. The van der Waals surface area contributed by atoms with Crippen molar-refractivity contribution in [3.8, 4) is 0 Å². The van der Waals surface area contributed by atoms with E-state index in [0.717, 1.165) is 13.1 Å². The number of hydrogen-bond acceptors (Lipinski definition) is 6. The van der Waals surface area contributed by atoms with Crippen molar-refractivity contribution < 1.29 is 9.34 Å². The molecular weight excluding hydrogens is 260 g/mol. The maximum Gasteiger partial charge on any atom is 0.298 e. The lowest BCUT2D eigenvalue weighted by Gasteiger charge is -2.36. The highest BCUT2D eigenvalue weighted by Crippen LogP contribution is 2.27. The van der Waals surface area contributed by atoms with Gasteiger partial charge in [0.15, 0.2) is 5.58 Å². The first-order valence-electron chi connectivity index (χ1n) is 6.59. The molecule has 20 heavy (non-hydrogen) atoms. The summed E-state index contributed by atoms with van der Waals surface area (Å²) in [5.74, 6) is 0. The van der Waals surface area contributed by atoms with E-state index < -0.39 is 4.92 Å². The number of nitrogens with one attached hydrogen (secondary N) is 1. The Morgan fingerprint density at radius 3 is 3.05 bits per heavy atom. The Kier molecular flexibility index (Phi) is 3.06. The summed E-state index contributed by atoms with van der Waals surface area (Å²) in [4.78, 5) is 16.8. The van der Waals surface area contributed by atoms with Gasteiger partial charge in [-0.05, 0) is 19.9 Å². The number of rotatable bonds is 2. The number of oxazole rings is 1. The summed E-state index contributed by atoms with van der Waals surface area (Å²) < 4.78 is 5.73. The fraction of sp³-hybridized carbons (Fsp3) is 0.462. The van der Waals surface area contributed by atoms with Gasteiger partial charge in [-0.25, -0.2) is 0 Å². The van der Waals surface area contributed by atoms with Crippen LogP contribution in [0.1, 0.15) is 13.8 Å². The molecule has 2 unspecified atom stereocenters. The summed E-state index contributed by atoms with van der Waals surface area (Å²) in [6.45, 7) is 5.86. The normalized spacial score (nSPS) is 23.2. The Labute approximate surface area is 115 Å². The number of anilines is 1. The lowest BCUT2D eigenvalue weighted by Crippen LogP contribution is -2.54. The van der Waals surface area contributed by atoms with E-state index in [2.05, 4.69) is 29.0 Å². The Bertz CT molecular complexity index is 654. The molecular formula is C13H16N4O3. The zero-order valence-electron chi connectivity index (χ0n) is 11.4. The standard InChI is InChI=1S/C13H16N4O3/c1-8-7-16(9(2)6-14-8)13-15-11-5-10(17(18)19)3-4-12(11)20-13/h3-5,8-9,14H,6-7H2,1-2H3. The van der Waals surface area contributed by atoms with Gasteiger partial charge >= 0.3 is 0 Å². The molecule has 1 N–H and O–H groups in total. The molecule has 1 aliphatic heterocycles. The molecule has 1 fully saturated rings. The number of hydrogen-bond donors (Lipinski definition) is 1. The van der Waals surface area contributed by atoms with E-state index in [0.29, 0.717) is 23.2 Å². The summed E-state index contributed by atoms with van der Waals surface area (Å²) in [7, 11) is 0. The van der Waals surface area contributed by atoms with E-state index in [1.54, 1.807) is 6.07 Å². The van der Waals surface area contributed by atoms with Gasteiger partial charge in [-0.2, -0.15) is 4.98 Å². The average molecular weight is 276 g/mol. The molecule has 1 aliphatic rings. The first-order valence-corrected chi connectivity index (χ1v) is 6.59. The Morgan fingerprint density at radius 2 is 2.30 bits per heavy atom. The number of nitro benzene ring substituents is 1. The molecule has 0 aliphatic carbocycles. The Hall–Kier alpha value is -2.15. The number of benzene rings is 1. The van der Waals surface area contributed by atoms with E-state index >= 15 is 0 Å². The van der Waals surface area contributed by atoms with Crippen molar-refractivity contribution >= 4 is 22.8 Å². The molecule has 7 heteroatoms. The van der Waals surface area contributed by atoms with Gasteiger partial charge < -0.3 is 14.6 Å². The zero-order chi connectivity index (χ0) is 14.3. The van der Waals surface area contributed by atoms with Crippen molar-refractivity contribution in [3.63, 3.8) is 0 Å². The van der Waals surface area contributed by atoms with E-state index in [4.69, 9.17) is 4.42 Å². The van der Waals surface area contributed by atoms with Crippen LogP contribution in [0, 0.1) is 10.1 Å². The van der Waals surface area contributed by atoms with Gasteiger partial charge in [0, 0.05) is 37.3 Å². The third-order valence-corrected chi connectivity index (χ3v) is 3.58. The summed E-state index contributed by atoms with van der Waals surface area (Å²) in [6.07, 6.45) is 0. The molecule has 106 valence electrons. The molecule has 1 aromatic heterocycles. The van der Waals surface area contributed by atoms with E-state index in [9.17, 15) is 10.1 Å². The van der Waals surface area contributed by atoms with Crippen molar-refractivity contribution in [2.75, 3.05) is 18.0 Å². The highest BCUT2D eigenvalue weighted by atomic mass is 16.6. The fourth-order valence-corrected chi connectivity index (χ4v) is 2.43. The number of aromatic nitrogens is 1. The average Bonchev–Trinajstić information content (AvgIpc) is 2.83. The summed E-state index contributed by atoms with van der Waals surface area (Å²) in [5, 5.41) is 14.2. The molecule has 0 radical (unpaired) electrons. The summed E-state index contributed by atoms with van der Waals surface area (Å²) >= 11 is 0. The van der Waals surface area contributed by atoms with E-state index in [1.807, 2.05) is 0 Å². The van der Waals surface area contributed by atoms with Gasteiger partial charge in [-0.1, -0.05) is 0 Å². The molecule has 2 atom stereocenters. The quantitative estimate of drug-likeness (QED) is 0.666. The molecule has 0 spiro atoms. The minimum Gasteiger partial charge on any atom is -0.423 e. The second-order valence-electron chi connectivity index (χ2n) is 5.22. The van der Waals surface area contributed by atoms with Crippen LogP contribution in [0.25, 0.3) is 11.1 Å². The molecule has 2 heterocycles. The largest absolute Gasteiger partial charge is 0.423 e. The number of non-ortho nitro benzene ring substituents is 1. The minimum atomic E-state index is -0.427. The topological polar surface area (TPSA) is 84.4 Å². The van der Waals surface area contributed by atoms with Crippen LogP contribution < -0.4 is 10.2 Å². The maximum atomic E-state index is 10.8. The number of piperazine rings is 1. The smallest absolute Gasteiger partial charge is 0.298 e. The van der Waals surface area contributed by atoms with E-state index in [1.165, 1.54) is 12.1 Å². The number of fused-ring (bicyclic) bond motifs is 1. The van der Waals surface area contributed by atoms with Crippen LogP contribution in [0.5, 0.6) is 0 Å². The van der Waals surface area contributed by atoms with Crippen LogP contribution in [0.2, 0.25) is 0 Å². The van der Waals surface area contributed by atoms with Crippen LogP contribution in [0.4, 0.5) is 11.7 Å². The monoisotopic (exact) mass is 276 g/mol. The third-order valence-electron chi connectivity index (χ3n) is 3.58. The van der Waals surface area contributed by atoms with Gasteiger partial charge in [0.05, 0.1) is 4.92 Å². The summed E-state index contributed by atoms with van der Waals surface area (Å²) in [5.41, 5.74) is 1.12. The SMILES string of the molecule is CC1CN(c2nc3cc([N+](=O)[O-])ccc3o2)C(C)CN1. The summed E-state index contributed by atoms with van der Waals surface area (Å²) in [6, 6.07) is 5.63. The lowest BCUT2D eigenvalue weighted by molar-refractivity contribution is -0.384. The molecule has 0 saturated carbocycles. The molecule has 0 amide bonds. The molecule has 1 aromatic carbocycles.